The highest BCUT2D eigenvalue weighted by Crippen LogP contribution is 2.42. The molecule has 3 aromatic rings. The van der Waals surface area contributed by atoms with Crippen LogP contribution in [-0.2, 0) is 9.59 Å². The van der Waals surface area contributed by atoms with Crippen molar-refractivity contribution in [3.05, 3.63) is 105 Å². The first kappa shape index (κ1) is 20.4. The van der Waals surface area contributed by atoms with Crippen molar-refractivity contribution in [1.29, 1.82) is 0 Å². The largest absolute Gasteiger partial charge is 0.507 e. The Labute approximate surface area is 187 Å². The van der Waals surface area contributed by atoms with Crippen molar-refractivity contribution in [3.8, 4) is 0 Å². The van der Waals surface area contributed by atoms with E-state index >= 15 is 0 Å². The van der Waals surface area contributed by atoms with Gasteiger partial charge in [-0.05, 0) is 61.0 Å². The Hall–Kier alpha value is -2.89. The summed E-state index contributed by atoms with van der Waals surface area (Å²) < 4.78 is 0.872. The van der Waals surface area contributed by atoms with Crippen LogP contribution < -0.4 is 4.90 Å². The molecule has 1 fully saturated rings. The fourth-order valence-electron chi connectivity index (χ4n) is 3.53. The van der Waals surface area contributed by atoms with E-state index in [9.17, 15) is 14.7 Å². The molecule has 0 aromatic heterocycles. The Bertz CT molecular complexity index is 1150. The lowest BCUT2D eigenvalue weighted by molar-refractivity contribution is -0.132. The van der Waals surface area contributed by atoms with Crippen LogP contribution in [0.5, 0.6) is 0 Å². The van der Waals surface area contributed by atoms with E-state index in [1.807, 2.05) is 43.3 Å². The van der Waals surface area contributed by atoms with E-state index in [4.69, 9.17) is 11.6 Å². The molecule has 0 aliphatic carbocycles. The Morgan fingerprint density at radius 3 is 2.13 bits per heavy atom. The maximum Gasteiger partial charge on any atom is 0.300 e. The van der Waals surface area contributed by atoms with E-state index in [1.165, 1.54) is 4.90 Å². The second-order valence-electron chi connectivity index (χ2n) is 7.06. The van der Waals surface area contributed by atoms with Gasteiger partial charge in [0.1, 0.15) is 5.76 Å². The van der Waals surface area contributed by atoms with Gasteiger partial charge in [-0.15, -0.1) is 0 Å². The zero-order valence-corrected chi connectivity index (χ0v) is 18.3. The molecule has 0 bridgehead atoms. The SMILES string of the molecule is Cc1ccc(N2C(=O)C(=O)/C(=C(/O)c3ccc(Cl)cc3)[C@@H]2c2ccc(Br)cc2)cc1. The van der Waals surface area contributed by atoms with Gasteiger partial charge in [0.2, 0.25) is 0 Å². The number of aliphatic hydroxyl groups excluding tert-OH is 1. The molecule has 3 aromatic carbocycles. The molecule has 4 nitrogen and oxygen atoms in total. The summed E-state index contributed by atoms with van der Waals surface area (Å²) >= 11 is 9.36. The van der Waals surface area contributed by atoms with Gasteiger partial charge in [0.05, 0.1) is 11.6 Å². The Balaban J connectivity index is 1.93. The number of carbonyl (C=O) groups excluding carboxylic acids is 2. The van der Waals surface area contributed by atoms with E-state index in [0.29, 0.717) is 21.8 Å². The number of hydrogen-bond acceptors (Lipinski definition) is 3. The highest BCUT2D eigenvalue weighted by Gasteiger charge is 2.46. The summed E-state index contributed by atoms with van der Waals surface area (Å²) in [6.07, 6.45) is 0. The van der Waals surface area contributed by atoms with Crippen LogP contribution in [0.3, 0.4) is 0 Å². The van der Waals surface area contributed by atoms with Gasteiger partial charge in [-0.25, -0.2) is 0 Å². The molecule has 1 aliphatic rings. The lowest BCUT2D eigenvalue weighted by Crippen LogP contribution is -2.29. The van der Waals surface area contributed by atoms with Crippen molar-refractivity contribution in [3.63, 3.8) is 0 Å². The minimum Gasteiger partial charge on any atom is -0.507 e. The lowest BCUT2D eigenvalue weighted by atomic mass is 9.95. The van der Waals surface area contributed by atoms with Gasteiger partial charge in [0, 0.05) is 20.7 Å². The first-order chi connectivity index (χ1) is 14.4. The molecule has 0 unspecified atom stereocenters. The summed E-state index contributed by atoms with van der Waals surface area (Å²) in [5, 5.41) is 11.5. The molecule has 0 radical (unpaired) electrons. The molecule has 6 heteroatoms. The van der Waals surface area contributed by atoms with Crippen LogP contribution in [0.2, 0.25) is 5.02 Å². The van der Waals surface area contributed by atoms with Crippen LogP contribution in [0.1, 0.15) is 22.7 Å². The molecule has 1 heterocycles. The minimum absolute atomic E-state index is 0.0465. The van der Waals surface area contributed by atoms with Crippen molar-refractivity contribution in [2.24, 2.45) is 0 Å². The molecular weight excluding hydrogens is 466 g/mol. The number of hydrogen-bond donors (Lipinski definition) is 1. The molecule has 30 heavy (non-hydrogen) atoms. The zero-order valence-electron chi connectivity index (χ0n) is 16.0. The molecule has 1 amide bonds. The molecule has 1 aliphatic heterocycles. The average Bonchev–Trinajstić information content (AvgIpc) is 3.00. The summed E-state index contributed by atoms with van der Waals surface area (Å²) in [6, 6.07) is 20.4. The number of rotatable bonds is 3. The maximum atomic E-state index is 13.0. The van der Waals surface area contributed by atoms with E-state index in [1.54, 1.807) is 36.4 Å². The van der Waals surface area contributed by atoms with Crippen molar-refractivity contribution in [1.82, 2.24) is 0 Å². The third kappa shape index (κ3) is 3.66. The number of aryl methyl sites for hydroxylation is 1. The van der Waals surface area contributed by atoms with Gasteiger partial charge in [0.25, 0.3) is 11.7 Å². The molecule has 150 valence electrons. The number of amides is 1. The van der Waals surface area contributed by atoms with E-state index in [2.05, 4.69) is 15.9 Å². The van der Waals surface area contributed by atoms with Gasteiger partial charge in [-0.2, -0.15) is 0 Å². The topological polar surface area (TPSA) is 57.6 Å². The van der Waals surface area contributed by atoms with Gasteiger partial charge in [-0.3, -0.25) is 14.5 Å². The zero-order chi connectivity index (χ0) is 21.4. The number of benzene rings is 3. The summed E-state index contributed by atoms with van der Waals surface area (Å²) in [6.45, 7) is 1.95. The van der Waals surface area contributed by atoms with E-state index < -0.39 is 17.7 Å². The number of ketones is 1. The third-order valence-corrected chi connectivity index (χ3v) is 5.84. The number of aliphatic hydroxyl groups is 1. The molecule has 1 N–H and O–H groups in total. The normalized spacial score (nSPS) is 18.1. The van der Waals surface area contributed by atoms with Gasteiger partial charge in [-0.1, -0.05) is 57.4 Å². The van der Waals surface area contributed by atoms with Crippen LogP contribution in [0.15, 0.2) is 82.8 Å². The van der Waals surface area contributed by atoms with Crippen molar-refractivity contribution < 1.29 is 14.7 Å². The third-order valence-electron chi connectivity index (χ3n) is 5.06. The smallest absolute Gasteiger partial charge is 0.300 e. The molecule has 0 saturated carbocycles. The summed E-state index contributed by atoms with van der Waals surface area (Å²) in [5.41, 5.74) is 2.81. The fraction of sp³-hybridized carbons (Fsp3) is 0.0833. The number of carbonyl (C=O) groups is 2. The standard InChI is InChI=1S/C24H17BrClNO3/c1-14-2-12-19(13-3-14)27-21(15-4-8-17(25)9-5-15)20(23(29)24(27)30)22(28)16-6-10-18(26)11-7-16/h2-13,21,28H,1H3/b22-20+/t21-/m0/s1. The average molecular weight is 483 g/mol. The predicted octanol–water partition coefficient (Wildman–Crippen LogP) is 6.04. The molecule has 1 saturated heterocycles. The quantitative estimate of drug-likeness (QED) is 0.281. The minimum atomic E-state index is -0.753. The van der Waals surface area contributed by atoms with Crippen LogP contribution in [0.4, 0.5) is 5.69 Å². The summed E-state index contributed by atoms with van der Waals surface area (Å²) in [5.74, 6) is -1.63. The first-order valence-corrected chi connectivity index (χ1v) is 10.4. The number of anilines is 1. The fourth-order valence-corrected chi connectivity index (χ4v) is 3.92. The van der Waals surface area contributed by atoms with Gasteiger partial charge < -0.3 is 5.11 Å². The van der Waals surface area contributed by atoms with Crippen LogP contribution in [-0.4, -0.2) is 16.8 Å². The molecular formula is C24H17BrClNO3. The number of Topliss-reactive ketones (excluding diaryl/α,β-unsaturated/α-hetero) is 1. The van der Waals surface area contributed by atoms with Crippen LogP contribution in [0, 0.1) is 6.92 Å². The second-order valence-corrected chi connectivity index (χ2v) is 8.42. The van der Waals surface area contributed by atoms with Crippen LogP contribution >= 0.6 is 27.5 Å². The summed E-state index contributed by atoms with van der Waals surface area (Å²) in [4.78, 5) is 27.5. The van der Waals surface area contributed by atoms with Crippen molar-refractivity contribution >= 4 is 50.7 Å². The Morgan fingerprint density at radius 2 is 1.53 bits per heavy atom. The molecule has 1 atom stereocenters. The monoisotopic (exact) mass is 481 g/mol. The first-order valence-electron chi connectivity index (χ1n) is 9.26. The number of nitrogens with zero attached hydrogens (tertiary/aromatic N) is 1. The van der Waals surface area contributed by atoms with E-state index in [0.717, 1.165) is 10.0 Å². The lowest BCUT2D eigenvalue weighted by Gasteiger charge is -2.25. The van der Waals surface area contributed by atoms with Crippen molar-refractivity contribution in [2.45, 2.75) is 13.0 Å². The van der Waals surface area contributed by atoms with Gasteiger partial charge in [0.15, 0.2) is 0 Å². The Kier molecular flexibility index (Phi) is 5.50. The van der Waals surface area contributed by atoms with Gasteiger partial charge >= 0.3 is 0 Å². The summed E-state index contributed by atoms with van der Waals surface area (Å²) in [7, 11) is 0. The Morgan fingerprint density at radius 1 is 0.933 bits per heavy atom. The van der Waals surface area contributed by atoms with Crippen LogP contribution in [0.25, 0.3) is 5.76 Å². The van der Waals surface area contributed by atoms with E-state index in [-0.39, 0.29) is 11.3 Å². The number of halogens is 2. The molecule has 4 rings (SSSR count). The molecule has 0 spiro atoms. The highest BCUT2D eigenvalue weighted by molar-refractivity contribution is 9.10. The highest BCUT2D eigenvalue weighted by atomic mass is 79.9. The predicted molar refractivity (Wildman–Crippen MR) is 122 cm³/mol. The maximum absolute atomic E-state index is 13.0. The second kappa shape index (κ2) is 8.09. The van der Waals surface area contributed by atoms with Crippen molar-refractivity contribution in [2.75, 3.05) is 4.90 Å².